The predicted octanol–water partition coefficient (Wildman–Crippen LogP) is 2.27. The second-order valence-electron chi connectivity index (χ2n) is 9.04. The van der Waals surface area contributed by atoms with Gasteiger partial charge in [-0.05, 0) is 32.3 Å². The molecule has 1 unspecified atom stereocenters. The summed E-state index contributed by atoms with van der Waals surface area (Å²) < 4.78 is 19.9. The van der Waals surface area contributed by atoms with Crippen molar-refractivity contribution in [3.05, 3.63) is 42.5 Å². The molecule has 11 heteroatoms. The van der Waals surface area contributed by atoms with Gasteiger partial charge in [-0.2, -0.15) is 0 Å². The van der Waals surface area contributed by atoms with Crippen LogP contribution in [0.1, 0.15) is 38.2 Å². The fourth-order valence-electron chi connectivity index (χ4n) is 4.68. The maximum absolute atomic E-state index is 10.5. The van der Waals surface area contributed by atoms with Crippen LogP contribution in [0.3, 0.4) is 0 Å². The third-order valence-corrected chi connectivity index (χ3v) is 6.35. The molecule has 0 amide bonds. The highest BCUT2D eigenvalue weighted by molar-refractivity contribution is 5.46. The van der Waals surface area contributed by atoms with Gasteiger partial charge in [0.25, 0.3) is 12.9 Å². The number of imidazole rings is 1. The Balaban J connectivity index is 0.000000693. The number of aromatic nitrogens is 2. The molecule has 2 fully saturated rings. The van der Waals surface area contributed by atoms with Crippen molar-refractivity contribution in [2.24, 2.45) is 0 Å². The summed E-state index contributed by atoms with van der Waals surface area (Å²) in [5.74, 6) is 1.58. The molecule has 3 heterocycles. The van der Waals surface area contributed by atoms with E-state index in [1.165, 1.54) is 0 Å². The lowest BCUT2D eigenvalue weighted by atomic mass is 9.78. The van der Waals surface area contributed by atoms with Gasteiger partial charge in [0.2, 0.25) is 0 Å². The molecule has 0 bridgehead atoms. The third-order valence-electron chi connectivity index (χ3n) is 6.35. The van der Waals surface area contributed by atoms with Crippen LogP contribution < -0.4 is 9.47 Å². The highest BCUT2D eigenvalue weighted by atomic mass is 16.5. The minimum absolute atomic E-state index is 0.170. The largest absolute Gasteiger partial charge is 0.493 e. The van der Waals surface area contributed by atoms with E-state index in [0.29, 0.717) is 13.2 Å². The van der Waals surface area contributed by atoms with Crippen LogP contribution in [0.25, 0.3) is 0 Å². The van der Waals surface area contributed by atoms with Gasteiger partial charge in [0.15, 0.2) is 11.5 Å². The van der Waals surface area contributed by atoms with Crippen molar-refractivity contribution >= 4 is 12.9 Å². The minimum Gasteiger partial charge on any atom is -0.493 e. The molecule has 11 nitrogen and oxygen atoms in total. The van der Waals surface area contributed by atoms with Gasteiger partial charge < -0.3 is 34.1 Å². The molecular formula is C25H37N3O8. The van der Waals surface area contributed by atoms with Crippen molar-refractivity contribution in [3.63, 3.8) is 0 Å². The summed E-state index contributed by atoms with van der Waals surface area (Å²) in [6, 6.07) is 6.07. The van der Waals surface area contributed by atoms with Gasteiger partial charge in [-0.3, -0.25) is 14.5 Å². The number of carboxylic acid groups (broad SMARTS) is 2. The molecule has 0 radical (unpaired) electrons. The van der Waals surface area contributed by atoms with Gasteiger partial charge in [0, 0.05) is 44.0 Å². The smallest absolute Gasteiger partial charge is 0.290 e. The topological polar surface area (TPSA) is 144 Å². The van der Waals surface area contributed by atoms with E-state index in [1.54, 1.807) is 19.6 Å². The lowest BCUT2D eigenvalue weighted by Gasteiger charge is -2.48. The Kier molecular flexibility index (Phi) is 11.6. The van der Waals surface area contributed by atoms with Gasteiger partial charge >= 0.3 is 0 Å². The molecule has 1 spiro atoms. The first-order valence-electron chi connectivity index (χ1n) is 11.8. The first kappa shape index (κ1) is 29.1. The number of benzene rings is 1. The molecule has 36 heavy (non-hydrogen) atoms. The first-order chi connectivity index (χ1) is 17.3. The number of aliphatic hydroxyl groups is 1. The molecule has 4 rings (SSSR count). The van der Waals surface area contributed by atoms with Gasteiger partial charge in [-0.15, -0.1) is 0 Å². The van der Waals surface area contributed by atoms with E-state index in [2.05, 4.69) is 16.0 Å². The average molecular weight is 508 g/mol. The van der Waals surface area contributed by atoms with Gasteiger partial charge in [0.1, 0.15) is 6.61 Å². The number of methoxy groups -OCH3 is 1. The van der Waals surface area contributed by atoms with E-state index in [0.717, 1.165) is 68.9 Å². The van der Waals surface area contributed by atoms with Crippen molar-refractivity contribution < 1.29 is 39.1 Å². The highest BCUT2D eigenvalue weighted by Crippen LogP contribution is 2.40. The van der Waals surface area contributed by atoms with Crippen molar-refractivity contribution in [3.8, 4) is 11.5 Å². The van der Waals surface area contributed by atoms with Crippen LogP contribution in [0.2, 0.25) is 0 Å². The van der Waals surface area contributed by atoms with E-state index in [4.69, 9.17) is 34.0 Å². The number of rotatable bonds is 7. The van der Waals surface area contributed by atoms with E-state index in [-0.39, 0.29) is 18.5 Å². The monoisotopic (exact) mass is 507 g/mol. The molecule has 2 aromatic rings. The number of nitrogens with zero attached hydrogens (tertiary/aromatic N) is 3. The zero-order valence-corrected chi connectivity index (χ0v) is 20.9. The highest BCUT2D eigenvalue weighted by Gasteiger charge is 2.44. The number of piperidine rings is 1. The Morgan fingerprint density at radius 1 is 1.17 bits per heavy atom. The van der Waals surface area contributed by atoms with Crippen molar-refractivity contribution in [2.45, 2.75) is 56.9 Å². The molecule has 0 aliphatic carbocycles. The number of carbonyl (C=O) groups is 2. The minimum atomic E-state index is -0.608. The standard InChI is InChI=1S/C23H33N3O4.2CH2O2/c1-22(27)8-14-30-23(17-22)6-10-25(11-7-23)16-19-4-3-5-20(28-2)21(19)29-15-13-26-12-9-24-18-26;2*2-1-3/h3-5,9,12,18,27H,6-8,10-11,13-17H2,1-2H3;2*1H,(H,2,3). The van der Waals surface area contributed by atoms with E-state index >= 15 is 0 Å². The number of para-hydroxylation sites is 1. The third kappa shape index (κ3) is 8.81. The van der Waals surface area contributed by atoms with Crippen molar-refractivity contribution in [1.82, 2.24) is 14.5 Å². The van der Waals surface area contributed by atoms with Crippen LogP contribution in [0.5, 0.6) is 11.5 Å². The van der Waals surface area contributed by atoms with Crippen LogP contribution in [0.4, 0.5) is 0 Å². The summed E-state index contributed by atoms with van der Waals surface area (Å²) in [4.78, 5) is 23.2. The zero-order valence-electron chi connectivity index (χ0n) is 20.9. The molecule has 2 aliphatic heterocycles. The zero-order chi connectivity index (χ0) is 26.4. The van der Waals surface area contributed by atoms with Crippen LogP contribution in [-0.4, -0.2) is 87.3 Å². The summed E-state index contributed by atoms with van der Waals surface area (Å²) >= 11 is 0. The Labute approximate surface area is 211 Å². The van der Waals surface area contributed by atoms with Crippen LogP contribution in [0, 0.1) is 0 Å². The van der Waals surface area contributed by atoms with Crippen molar-refractivity contribution in [1.29, 1.82) is 0 Å². The first-order valence-corrected chi connectivity index (χ1v) is 11.8. The van der Waals surface area contributed by atoms with E-state index in [1.807, 2.05) is 29.8 Å². The fourth-order valence-corrected chi connectivity index (χ4v) is 4.68. The van der Waals surface area contributed by atoms with Gasteiger partial charge in [-0.25, -0.2) is 4.98 Å². The van der Waals surface area contributed by atoms with Gasteiger partial charge in [0.05, 0.1) is 37.8 Å². The summed E-state index contributed by atoms with van der Waals surface area (Å²) in [6.45, 7) is 6.08. The van der Waals surface area contributed by atoms with E-state index < -0.39 is 5.60 Å². The summed E-state index contributed by atoms with van der Waals surface area (Å²) in [5, 5.41) is 24.3. The normalized spacial score (nSPS) is 20.8. The maximum atomic E-state index is 10.5. The quantitative estimate of drug-likeness (QED) is 0.477. The fraction of sp³-hybridized carbons (Fsp3) is 0.560. The average Bonchev–Trinajstić information content (AvgIpc) is 3.35. The second kappa shape index (κ2) is 14.4. The Hall–Kier alpha value is -3.15. The number of hydrogen-bond donors (Lipinski definition) is 3. The number of ether oxygens (including phenoxy) is 3. The molecule has 1 atom stereocenters. The molecule has 1 aromatic heterocycles. The SMILES string of the molecule is COc1cccc(CN2CCC3(CC2)CC(C)(O)CCO3)c1OCCn1ccnc1.O=CO.O=CO. The Morgan fingerprint density at radius 2 is 1.86 bits per heavy atom. The molecule has 2 aliphatic rings. The lowest BCUT2D eigenvalue weighted by Crippen LogP contribution is -2.53. The number of likely N-dealkylation sites (tertiary alicyclic amines) is 1. The lowest BCUT2D eigenvalue weighted by molar-refractivity contribution is -0.173. The molecule has 2 saturated heterocycles. The molecule has 1 aromatic carbocycles. The Bertz CT molecular complexity index is 906. The second-order valence-corrected chi connectivity index (χ2v) is 9.04. The van der Waals surface area contributed by atoms with Crippen LogP contribution in [0.15, 0.2) is 36.9 Å². The van der Waals surface area contributed by atoms with E-state index in [9.17, 15) is 5.11 Å². The number of hydrogen-bond acceptors (Lipinski definition) is 8. The van der Waals surface area contributed by atoms with Crippen molar-refractivity contribution in [2.75, 3.05) is 33.4 Å². The van der Waals surface area contributed by atoms with Crippen LogP contribution in [-0.2, 0) is 27.4 Å². The van der Waals surface area contributed by atoms with Gasteiger partial charge in [-0.1, -0.05) is 12.1 Å². The molecule has 200 valence electrons. The predicted molar refractivity (Wildman–Crippen MR) is 131 cm³/mol. The Morgan fingerprint density at radius 3 is 2.44 bits per heavy atom. The molecular weight excluding hydrogens is 470 g/mol. The summed E-state index contributed by atoms with van der Waals surface area (Å²) in [5.41, 5.74) is 0.354. The molecule has 3 N–H and O–H groups in total. The summed E-state index contributed by atoms with van der Waals surface area (Å²) in [7, 11) is 1.68. The molecule has 0 saturated carbocycles. The summed E-state index contributed by atoms with van der Waals surface area (Å²) in [6.07, 6.45) is 8.85. The van der Waals surface area contributed by atoms with Crippen LogP contribution >= 0.6 is 0 Å². The maximum Gasteiger partial charge on any atom is 0.290 e.